The number of benzene rings is 2. The van der Waals surface area contributed by atoms with Crippen LogP contribution in [-0.4, -0.2) is 58.6 Å². The number of nitrogens with zero attached hydrogens (tertiary/aromatic N) is 4. The van der Waals surface area contributed by atoms with Crippen molar-refractivity contribution in [2.45, 2.75) is 25.3 Å². The Hall–Kier alpha value is -4.67. The minimum atomic E-state index is -0.826. The van der Waals surface area contributed by atoms with E-state index in [1.54, 1.807) is 14.2 Å². The number of aromatic nitrogens is 3. The second-order valence-corrected chi connectivity index (χ2v) is 9.00. The van der Waals surface area contributed by atoms with Crippen molar-refractivity contribution in [1.29, 1.82) is 0 Å². The van der Waals surface area contributed by atoms with E-state index in [2.05, 4.69) is 21.3 Å². The zero-order chi connectivity index (χ0) is 26.6. The molecule has 2 aliphatic rings. The van der Waals surface area contributed by atoms with Crippen LogP contribution in [0.2, 0.25) is 0 Å². The van der Waals surface area contributed by atoms with Crippen molar-refractivity contribution in [1.82, 2.24) is 20.2 Å². The molecule has 3 aromatic rings. The van der Waals surface area contributed by atoms with Crippen molar-refractivity contribution in [2.24, 2.45) is 11.0 Å². The van der Waals surface area contributed by atoms with Gasteiger partial charge in [0.1, 0.15) is 11.5 Å². The molecule has 11 heteroatoms. The number of aromatic amines is 1. The Morgan fingerprint density at radius 2 is 1.76 bits per heavy atom. The molecule has 1 aliphatic heterocycles. The maximum Gasteiger partial charge on any atom is 0.376 e. The summed E-state index contributed by atoms with van der Waals surface area (Å²) in [6.45, 7) is -0.507. The number of methoxy groups -OCH3 is 2. The Bertz CT molecular complexity index is 1380. The fraction of sp³-hybridized carbons (Fsp3) is 0.296. The van der Waals surface area contributed by atoms with Crippen molar-refractivity contribution < 1.29 is 23.8 Å². The molecule has 2 heterocycles. The van der Waals surface area contributed by atoms with Gasteiger partial charge in [0.15, 0.2) is 6.61 Å². The van der Waals surface area contributed by atoms with Crippen LogP contribution in [0, 0.1) is 5.92 Å². The summed E-state index contributed by atoms with van der Waals surface area (Å²) in [6.07, 6.45) is 4.79. The van der Waals surface area contributed by atoms with Gasteiger partial charge in [-0.1, -0.05) is 24.3 Å². The molecule has 1 fully saturated rings. The molecule has 1 aromatic heterocycles. The Kier molecular flexibility index (Phi) is 7.07. The Morgan fingerprint density at radius 3 is 2.39 bits per heavy atom. The topological polar surface area (TPSA) is 145 Å². The normalized spacial score (nSPS) is 19.6. The summed E-state index contributed by atoms with van der Waals surface area (Å²) in [7, 11) is 3.24. The molecular formula is C27H28N6O5. The lowest BCUT2D eigenvalue weighted by Crippen LogP contribution is -2.34. The molecule has 5 rings (SSSR count). The quantitative estimate of drug-likeness (QED) is 0.455. The third-order valence-electron chi connectivity index (χ3n) is 6.69. The summed E-state index contributed by atoms with van der Waals surface area (Å²) in [4.78, 5) is 29.4. The summed E-state index contributed by atoms with van der Waals surface area (Å²) in [5.74, 6) is -0.0386. The lowest BCUT2D eigenvalue weighted by molar-refractivity contribution is -0.137. The second kappa shape index (κ2) is 10.8. The standard InChI is InChI=1S/C27H28N6O5/c1-36-19-10-6-16(7-11-19)14-18-4-3-5-21-23(18)32-33(24(21)17-8-12-20(37-2)13-9-17)22(34)15-38-26(35)25-29-27(28)31-30-25/h6-14,21,24H,3-5,15H2,1-2H3,(H3,28,29,30,31). The van der Waals surface area contributed by atoms with E-state index in [0.29, 0.717) is 0 Å². The first-order valence-electron chi connectivity index (χ1n) is 12.2. The number of nitrogen functional groups attached to an aromatic ring is 1. The third kappa shape index (κ3) is 5.08. The van der Waals surface area contributed by atoms with E-state index in [0.717, 1.165) is 53.2 Å². The van der Waals surface area contributed by atoms with Gasteiger partial charge in [0.2, 0.25) is 11.8 Å². The monoisotopic (exact) mass is 516 g/mol. The number of hydrogen-bond acceptors (Lipinski definition) is 9. The lowest BCUT2D eigenvalue weighted by Gasteiger charge is -2.29. The number of anilines is 1. The van der Waals surface area contributed by atoms with Gasteiger partial charge in [-0.15, -0.1) is 5.10 Å². The maximum atomic E-state index is 13.4. The summed E-state index contributed by atoms with van der Waals surface area (Å²) < 4.78 is 15.8. The van der Waals surface area contributed by atoms with Crippen molar-refractivity contribution in [3.8, 4) is 11.5 Å². The highest BCUT2D eigenvalue weighted by Gasteiger charge is 2.44. The number of hydrogen-bond donors (Lipinski definition) is 2. The minimum absolute atomic E-state index is 0.00429. The van der Waals surface area contributed by atoms with Crippen LogP contribution in [0.1, 0.15) is 47.1 Å². The van der Waals surface area contributed by atoms with Crippen LogP contribution in [-0.2, 0) is 9.53 Å². The van der Waals surface area contributed by atoms with E-state index >= 15 is 0 Å². The molecule has 2 unspecified atom stereocenters. The van der Waals surface area contributed by atoms with Gasteiger partial charge >= 0.3 is 5.97 Å². The molecule has 0 radical (unpaired) electrons. The van der Waals surface area contributed by atoms with Gasteiger partial charge in [0.25, 0.3) is 5.91 Å². The largest absolute Gasteiger partial charge is 0.497 e. The van der Waals surface area contributed by atoms with Crippen LogP contribution < -0.4 is 15.2 Å². The molecule has 0 spiro atoms. The Balaban J connectivity index is 1.43. The number of hydrazone groups is 1. The van der Waals surface area contributed by atoms with Crippen LogP contribution in [0.25, 0.3) is 6.08 Å². The highest BCUT2D eigenvalue weighted by molar-refractivity contribution is 6.08. The van der Waals surface area contributed by atoms with Crippen LogP contribution in [0.15, 0.2) is 59.2 Å². The maximum absolute atomic E-state index is 13.4. The summed E-state index contributed by atoms with van der Waals surface area (Å²) in [5.41, 5.74) is 9.34. The number of rotatable bonds is 7. The first kappa shape index (κ1) is 25.0. The number of ether oxygens (including phenoxy) is 3. The number of amides is 1. The third-order valence-corrected chi connectivity index (χ3v) is 6.69. The highest BCUT2D eigenvalue weighted by atomic mass is 16.5. The first-order chi connectivity index (χ1) is 18.5. The first-order valence-corrected chi connectivity index (χ1v) is 12.2. The zero-order valence-corrected chi connectivity index (χ0v) is 21.1. The predicted molar refractivity (Wildman–Crippen MR) is 139 cm³/mol. The van der Waals surface area contributed by atoms with Gasteiger partial charge in [0, 0.05) is 5.92 Å². The predicted octanol–water partition coefficient (Wildman–Crippen LogP) is 3.38. The summed E-state index contributed by atoms with van der Waals surface area (Å²) >= 11 is 0. The summed E-state index contributed by atoms with van der Waals surface area (Å²) in [6, 6.07) is 15.1. The molecule has 196 valence electrons. The number of nitrogens with one attached hydrogen (secondary N) is 1. The van der Waals surface area contributed by atoms with Crippen molar-refractivity contribution >= 4 is 29.6 Å². The van der Waals surface area contributed by atoms with Crippen molar-refractivity contribution in [3.63, 3.8) is 0 Å². The van der Waals surface area contributed by atoms with E-state index < -0.39 is 18.5 Å². The van der Waals surface area contributed by atoms with Gasteiger partial charge in [0.05, 0.1) is 26.0 Å². The molecule has 1 amide bonds. The fourth-order valence-corrected chi connectivity index (χ4v) is 4.87. The molecule has 11 nitrogen and oxygen atoms in total. The molecule has 0 saturated heterocycles. The minimum Gasteiger partial charge on any atom is -0.497 e. The van der Waals surface area contributed by atoms with E-state index in [9.17, 15) is 9.59 Å². The number of fused-ring (bicyclic) bond motifs is 1. The highest BCUT2D eigenvalue weighted by Crippen LogP contribution is 2.44. The van der Waals surface area contributed by atoms with E-state index in [4.69, 9.17) is 25.0 Å². The Morgan fingerprint density at radius 1 is 1.08 bits per heavy atom. The van der Waals surface area contributed by atoms with E-state index in [1.165, 1.54) is 5.01 Å². The molecule has 1 saturated carbocycles. The van der Waals surface area contributed by atoms with Crippen LogP contribution in [0.5, 0.6) is 11.5 Å². The van der Waals surface area contributed by atoms with Crippen molar-refractivity contribution in [3.05, 3.63) is 71.1 Å². The van der Waals surface area contributed by atoms with E-state index in [1.807, 2.05) is 48.5 Å². The number of allylic oxidation sites excluding steroid dienone is 1. The molecule has 0 bridgehead atoms. The van der Waals surface area contributed by atoms with Crippen LogP contribution in [0.4, 0.5) is 5.95 Å². The Labute approximate surface area is 219 Å². The van der Waals surface area contributed by atoms with Gasteiger partial charge in [-0.3, -0.25) is 9.89 Å². The number of H-pyrrole nitrogens is 1. The molecule has 1 aliphatic carbocycles. The molecule has 38 heavy (non-hydrogen) atoms. The van der Waals surface area contributed by atoms with Gasteiger partial charge < -0.3 is 19.9 Å². The molecular weight excluding hydrogens is 488 g/mol. The van der Waals surface area contributed by atoms with Crippen LogP contribution in [0.3, 0.4) is 0 Å². The van der Waals surface area contributed by atoms with Gasteiger partial charge in [-0.05, 0) is 66.3 Å². The SMILES string of the molecule is COc1ccc(C=C2CCCC3C2=NN(C(=O)COC(=O)c2nc(N)n[nH]2)C3c2ccc(OC)cc2)cc1. The molecule has 2 atom stereocenters. The smallest absolute Gasteiger partial charge is 0.376 e. The summed E-state index contributed by atoms with van der Waals surface area (Å²) in [5, 5.41) is 12.2. The average molecular weight is 517 g/mol. The zero-order valence-electron chi connectivity index (χ0n) is 21.1. The number of esters is 1. The number of nitrogens with two attached hydrogens (primary N) is 1. The van der Waals surface area contributed by atoms with Crippen molar-refractivity contribution in [2.75, 3.05) is 26.6 Å². The lowest BCUT2D eigenvalue weighted by atomic mass is 9.77. The van der Waals surface area contributed by atoms with Gasteiger partial charge in [-0.2, -0.15) is 10.1 Å². The second-order valence-electron chi connectivity index (χ2n) is 9.00. The van der Waals surface area contributed by atoms with Gasteiger partial charge in [-0.25, -0.2) is 9.80 Å². The number of carbonyl (C=O) groups excluding carboxylic acids is 2. The molecule has 2 aromatic carbocycles. The average Bonchev–Trinajstić information content (AvgIpc) is 3.56. The molecule has 3 N–H and O–H groups in total. The number of carbonyl (C=O) groups is 2. The van der Waals surface area contributed by atoms with E-state index in [-0.39, 0.29) is 23.7 Å². The fourth-order valence-electron chi connectivity index (χ4n) is 4.87. The van der Waals surface area contributed by atoms with Crippen LogP contribution >= 0.6 is 0 Å².